The number of benzene rings is 1. The quantitative estimate of drug-likeness (QED) is 0.886. The number of likely N-dealkylation sites (tertiary alicyclic amines) is 1. The number of nitrogens with zero attached hydrogens (tertiary/aromatic N) is 3. The smallest absolute Gasteiger partial charge is 0.222 e. The predicted octanol–water partition coefficient (Wildman–Crippen LogP) is 2.26. The summed E-state index contributed by atoms with van der Waals surface area (Å²) in [6.07, 6.45) is 7.41. The van der Waals surface area contributed by atoms with E-state index in [0.29, 0.717) is 12.3 Å². The molecule has 1 aliphatic heterocycles. The Morgan fingerprint density at radius 1 is 1.25 bits per heavy atom. The van der Waals surface area contributed by atoms with Crippen LogP contribution in [-0.4, -0.2) is 47.3 Å². The van der Waals surface area contributed by atoms with Crippen molar-refractivity contribution in [2.24, 2.45) is 5.92 Å². The number of aromatic nitrogens is 2. The lowest BCUT2D eigenvalue weighted by molar-refractivity contribution is -0.132. The molecule has 1 aliphatic rings. The highest BCUT2D eigenvalue weighted by atomic mass is 16.2. The summed E-state index contributed by atoms with van der Waals surface area (Å²) < 4.78 is 1.86. The van der Waals surface area contributed by atoms with Crippen LogP contribution in [-0.2, 0) is 11.2 Å². The highest BCUT2D eigenvalue weighted by Crippen LogP contribution is 2.17. The van der Waals surface area contributed by atoms with Crippen LogP contribution in [0.3, 0.4) is 0 Å². The van der Waals surface area contributed by atoms with E-state index in [-0.39, 0.29) is 5.91 Å². The van der Waals surface area contributed by atoms with Crippen LogP contribution in [0.15, 0.2) is 42.7 Å². The van der Waals surface area contributed by atoms with Crippen LogP contribution in [0.5, 0.6) is 0 Å². The molecule has 0 radical (unpaired) electrons. The molecule has 0 saturated carbocycles. The van der Waals surface area contributed by atoms with Crippen LogP contribution in [0.4, 0.5) is 0 Å². The summed E-state index contributed by atoms with van der Waals surface area (Å²) in [7, 11) is 1.99. The minimum absolute atomic E-state index is 0.269. The first kappa shape index (κ1) is 16.7. The summed E-state index contributed by atoms with van der Waals surface area (Å²) >= 11 is 0. The number of hydrogen-bond acceptors (Lipinski definition) is 3. The predicted molar refractivity (Wildman–Crippen MR) is 95.1 cm³/mol. The Morgan fingerprint density at radius 3 is 2.71 bits per heavy atom. The molecule has 0 spiro atoms. The summed E-state index contributed by atoms with van der Waals surface area (Å²) in [6.45, 7) is 2.85. The molecule has 1 aromatic carbocycles. The van der Waals surface area contributed by atoms with Gasteiger partial charge in [0.1, 0.15) is 0 Å². The summed E-state index contributed by atoms with van der Waals surface area (Å²) in [5.74, 6) is 0.980. The van der Waals surface area contributed by atoms with Crippen LogP contribution in [0.2, 0.25) is 0 Å². The first-order valence-electron chi connectivity index (χ1n) is 8.77. The highest BCUT2D eigenvalue weighted by Gasteiger charge is 2.22. The SMILES string of the molecule is CNCC1CCN(C(=O)CCc2cnn(-c3ccccc3)c2)CC1. The Labute approximate surface area is 143 Å². The molecule has 24 heavy (non-hydrogen) atoms. The third-order valence-corrected chi connectivity index (χ3v) is 4.74. The van der Waals surface area contributed by atoms with Gasteiger partial charge in [0, 0.05) is 25.7 Å². The van der Waals surface area contributed by atoms with Gasteiger partial charge in [-0.25, -0.2) is 4.68 Å². The second-order valence-corrected chi connectivity index (χ2v) is 6.51. The molecular formula is C19H26N4O. The lowest BCUT2D eigenvalue weighted by atomic mass is 9.96. The van der Waals surface area contributed by atoms with Gasteiger partial charge in [0.2, 0.25) is 5.91 Å². The third kappa shape index (κ3) is 4.23. The molecule has 0 aliphatic carbocycles. The molecule has 1 amide bonds. The minimum atomic E-state index is 0.269. The van der Waals surface area contributed by atoms with E-state index in [4.69, 9.17) is 0 Å². The van der Waals surface area contributed by atoms with E-state index >= 15 is 0 Å². The van der Waals surface area contributed by atoms with E-state index in [0.717, 1.165) is 50.1 Å². The third-order valence-electron chi connectivity index (χ3n) is 4.74. The molecule has 5 nitrogen and oxygen atoms in total. The topological polar surface area (TPSA) is 50.2 Å². The zero-order chi connectivity index (χ0) is 16.8. The van der Waals surface area contributed by atoms with E-state index in [1.165, 1.54) is 0 Å². The first-order valence-corrected chi connectivity index (χ1v) is 8.77. The summed E-state index contributed by atoms with van der Waals surface area (Å²) in [6, 6.07) is 10.0. The number of rotatable bonds is 6. The second kappa shape index (κ2) is 8.11. The second-order valence-electron chi connectivity index (χ2n) is 6.51. The molecule has 2 heterocycles. The van der Waals surface area contributed by atoms with Gasteiger partial charge in [0.25, 0.3) is 0 Å². The van der Waals surface area contributed by atoms with Crippen molar-refractivity contribution in [1.29, 1.82) is 0 Å². The number of aryl methyl sites for hydroxylation is 1. The summed E-state index contributed by atoms with van der Waals surface area (Å²) in [4.78, 5) is 14.4. The average Bonchev–Trinajstić information content (AvgIpc) is 3.10. The molecule has 128 valence electrons. The Bertz CT molecular complexity index is 644. The summed E-state index contributed by atoms with van der Waals surface area (Å²) in [5, 5.41) is 7.62. The van der Waals surface area contributed by atoms with Gasteiger partial charge in [-0.15, -0.1) is 0 Å². The van der Waals surface area contributed by atoms with Gasteiger partial charge < -0.3 is 10.2 Å². The standard InChI is InChI=1S/C19H26N4O/c1-20-13-16-9-11-22(12-10-16)19(24)8-7-17-14-21-23(15-17)18-5-3-2-4-6-18/h2-6,14-16,20H,7-13H2,1H3. The van der Waals surface area contributed by atoms with Crippen LogP contribution < -0.4 is 5.32 Å². The molecule has 1 N–H and O–H groups in total. The number of amides is 1. The van der Waals surface area contributed by atoms with Gasteiger partial charge in [-0.2, -0.15) is 5.10 Å². The largest absolute Gasteiger partial charge is 0.343 e. The van der Waals surface area contributed by atoms with E-state index in [1.54, 1.807) is 0 Å². The maximum atomic E-state index is 12.4. The van der Waals surface area contributed by atoms with Crippen molar-refractivity contribution in [1.82, 2.24) is 20.0 Å². The first-order chi connectivity index (χ1) is 11.8. The molecule has 2 aromatic rings. The molecule has 0 atom stereocenters. The number of carbonyl (C=O) groups is 1. The van der Waals surface area contributed by atoms with Crippen LogP contribution in [0.25, 0.3) is 5.69 Å². The number of carbonyl (C=O) groups excluding carboxylic acids is 1. The molecule has 1 aromatic heterocycles. The van der Waals surface area contributed by atoms with Gasteiger partial charge >= 0.3 is 0 Å². The van der Waals surface area contributed by atoms with Crippen molar-refractivity contribution in [2.45, 2.75) is 25.7 Å². The van der Waals surface area contributed by atoms with E-state index < -0.39 is 0 Å². The van der Waals surface area contributed by atoms with Gasteiger partial charge in [-0.05, 0) is 56.5 Å². The van der Waals surface area contributed by atoms with Gasteiger partial charge in [0.15, 0.2) is 0 Å². The molecule has 0 bridgehead atoms. The van der Waals surface area contributed by atoms with E-state index in [2.05, 4.69) is 10.4 Å². The zero-order valence-corrected chi connectivity index (χ0v) is 14.3. The molecule has 3 rings (SSSR count). The van der Waals surface area contributed by atoms with Crippen LogP contribution in [0.1, 0.15) is 24.8 Å². The number of hydrogen-bond donors (Lipinski definition) is 1. The Balaban J connectivity index is 1.48. The van der Waals surface area contributed by atoms with E-state index in [1.807, 2.05) is 59.4 Å². The Kier molecular flexibility index (Phi) is 5.64. The monoisotopic (exact) mass is 326 g/mol. The van der Waals surface area contributed by atoms with E-state index in [9.17, 15) is 4.79 Å². The fourth-order valence-corrected chi connectivity index (χ4v) is 3.30. The number of piperidine rings is 1. The molecule has 1 saturated heterocycles. The fourth-order valence-electron chi connectivity index (χ4n) is 3.30. The average molecular weight is 326 g/mol. The minimum Gasteiger partial charge on any atom is -0.343 e. The van der Waals surface area contributed by atoms with Crippen molar-refractivity contribution in [3.8, 4) is 5.69 Å². The van der Waals surface area contributed by atoms with Crippen molar-refractivity contribution in [3.05, 3.63) is 48.3 Å². The highest BCUT2D eigenvalue weighted by molar-refractivity contribution is 5.76. The Hall–Kier alpha value is -2.14. The number of nitrogens with one attached hydrogen (secondary N) is 1. The molecule has 1 fully saturated rings. The summed E-state index contributed by atoms with van der Waals surface area (Å²) in [5.41, 5.74) is 2.15. The molecule has 5 heteroatoms. The maximum absolute atomic E-state index is 12.4. The lowest BCUT2D eigenvalue weighted by Gasteiger charge is -2.32. The van der Waals surface area contributed by atoms with Gasteiger partial charge in [0.05, 0.1) is 11.9 Å². The fraction of sp³-hybridized carbons (Fsp3) is 0.474. The van der Waals surface area contributed by atoms with Crippen LogP contribution in [0, 0.1) is 5.92 Å². The van der Waals surface area contributed by atoms with Crippen LogP contribution >= 0.6 is 0 Å². The normalized spacial score (nSPS) is 15.6. The molecule has 0 unspecified atom stereocenters. The molecular weight excluding hydrogens is 300 g/mol. The van der Waals surface area contributed by atoms with Gasteiger partial charge in [-0.1, -0.05) is 18.2 Å². The van der Waals surface area contributed by atoms with Gasteiger partial charge in [-0.3, -0.25) is 4.79 Å². The maximum Gasteiger partial charge on any atom is 0.222 e. The van der Waals surface area contributed by atoms with Crippen molar-refractivity contribution >= 4 is 5.91 Å². The Morgan fingerprint density at radius 2 is 2.00 bits per heavy atom. The van der Waals surface area contributed by atoms with Crippen molar-refractivity contribution < 1.29 is 4.79 Å². The van der Waals surface area contributed by atoms with Crippen molar-refractivity contribution in [2.75, 3.05) is 26.7 Å². The number of para-hydroxylation sites is 1. The van der Waals surface area contributed by atoms with Crippen molar-refractivity contribution in [3.63, 3.8) is 0 Å². The zero-order valence-electron chi connectivity index (χ0n) is 14.3. The lowest BCUT2D eigenvalue weighted by Crippen LogP contribution is -2.40.